The summed E-state index contributed by atoms with van der Waals surface area (Å²) in [6.07, 6.45) is 0.217. The van der Waals surface area contributed by atoms with Gasteiger partial charge in [0.1, 0.15) is 5.75 Å². The first-order valence-corrected chi connectivity index (χ1v) is 7.07. The minimum absolute atomic E-state index is 0.0946. The van der Waals surface area contributed by atoms with Crippen LogP contribution in [0.25, 0.3) is 0 Å². The Morgan fingerprint density at radius 3 is 2.62 bits per heavy atom. The Labute approximate surface area is 125 Å². The molecule has 116 valence electrons. The zero-order valence-corrected chi connectivity index (χ0v) is 13.1. The van der Waals surface area contributed by atoms with Gasteiger partial charge in [-0.25, -0.2) is 0 Å². The van der Waals surface area contributed by atoms with Crippen molar-refractivity contribution in [3.05, 3.63) is 29.3 Å². The minimum atomic E-state index is -0.353. The SMILES string of the molecule is CCOC(=O)CCC(=O)NC(C)c1cc(C)ccc1OC. The number of carbonyl (C=O) groups excluding carboxylic acids is 2. The average molecular weight is 293 g/mol. The molecule has 0 saturated heterocycles. The number of aryl methyl sites for hydroxylation is 1. The number of carbonyl (C=O) groups is 2. The highest BCUT2D eigenvalue weighted by molar-refractivity contribution is 5.81. The van der Waals surface area contributed by atoms with Crippen molar-refractivity contribution in [2.24, 2.45) is 0 Å². The molecule has 0 aromatic heterocycles. The van der Waals surface area contributed by atoms with Crippen molar-refractivity contribution >= 4 is 11.9 Å². The lowest BCUT2D eigenvalue weighted by Crippen LogP contribution is -2.27. The van der Waals surface area contributed by atoms with Crippen molar-refractivity contribution in [3.63, 3.8) is 0 Å². The number of rotatable bonds is 7. The van der Waals surface area contributed by atoms with Crippen LogP contribution in [0.15, 0.2) is 18.2 Å². The first-order valence-electron chi connectivity index (χ1n) is 7.07. The summed E-state index contributed by atoms with van der Waals surface area (Å²) in [6.45, 7) is 5.94. The highest BCUT2D eigenvalue weighted by atomic mass is 16.5. The molecule has 0 fully saturated rings. The summed E-state index contributed by atoms with van der Waals surface area (Å²) < 4.78 is 10.1. The van der Waals surface area contributed by atoms with Crippen molar-refractivity contribution in [1.29, 1.82) is 0 Å². The van der Waals surface area contributed by atoms with Gasteiger partial charge in [0.15, 0.2) is 0 Å². The number of hydrogen-bond acceptors (Lipinski definition) is 4. The second kappa shape index (κ2) is 8.29. The molecule has 1 amide bonds. The van der Waals surface area contributed by atoms with E-state index in [2.05, 4.69) is 5.32 Å². The van der Waals surface area contributed by atoms with Crippen LogP contribution in [0, 0.1) is 6.92 Å². The summed E-state index contributed by atoms with van der Waals surface area (Å²) in [5.41, 5.74) is 2.01. The maximum atomic E-state index is 11.9. The van der Waals surface area contributed by atoms with Crippen molar-refractivity contribution in [3.8, 4) is 5.75 Å². The zero-order chi connectivity index (χ0) is 15.8. The fourth-order valence-electron chi connectivity index (χ4n) is 2.03. The van der Waals surface area contributed by atoms with Crippen LogP contribution in [0.3, 0.4) is 0 Å². The molecule has 1 unspecified atom stereocenters. The van der Waals surface area contributed by atoms with Crippen LogP contribution in [-0.4, -0.2) is 25.6 Å². The maximum absolute atomic E-state index is 11.9. The van der Waals surface area contributed by atoms with E-state index in [4.69, 9.17) is 9.47 Å². The van der Waals surface area contributed by atoms with Crippen LogP contribution < -0.4 is 10.1 Å². The van der Waals surface area contributed by atoms with Gasteiger partial charge in [0.25, 0.3) is 0 Å². The Morgan fingerprint density at radius 1 is 1.29 bits per heavy atom. The molecule has 0 bridgehead atoms. The lowest BCUT2D eigenvalue weighted by molar-refractivity contribution is -0.144. The van der Waals surface area contributed by atoms with Crippen LogP contribution in [0.1, 0.15) is 43.9 Å². The van der Waals surface area contributed by atoms with Gasteiger partial charge in [-0.15, -0.1) is 0 Å². The van der Waals surface area contributed by atoms with E-state index in [0.29, 0.717) is 6.61 Å². The summed E-state index contributed by atoms with van der Waals surface area (Å²) in [4.78, 5) is 23.1. The van der Waals surface area contributed by atoms with Gasteiger partial charge in [0.2, 0.25) is 5.91 Å². The molecule has 0 saturated carbocycles. The fraction of sp³-hybridized carbons (Fsp3) is 0.500. The number of amides is 1. The van der Waals surface area contributed by atoms with Gasteiger partial charge in [-0.05, 0) is 26.8 Å². The van der Waals surface area contributed by atoms with E-state index in [1.165, 1.54) is 0 Å². The fourth-order valence-corrected chi connectivity index (χ4v) is 2.03. The Balaban J connectivity index is 2.60. The van der Waals surface area contributed by atoms with Gasteiger partial charge in [-0.3, -0.25) is 9.59 Å². The molecule has 1 aromatic carbocycles. The first kappa shape index (κ1) is 17.0. The molecule has 1 atom stereocenters. The molecular formula is C16H23NO4. The molecule has 0 heterocycles. The Hall–Kier alpha value is -2.04. The molecule has 1 N–H and O–H groups in total. The van der Waals surface area contributed by atoms with Gasteiger partial charge in [0.05, 0.1) is 26.2 Å². The molecule has 0 aliphatic rings. The van der Waals surface area contributed by atoms with Crippen LogP contribution >= 0.6 is 0 Å². The van der Waals surface area contributed by atoms with Gasteiger partial charge >= 0.3 is 5.97 Å². The topological polar surface area (TPSA) is 64.6 Å². The number of ether oxygens (including phenoxy) is 2. The van der Waals surface area contributed by atoms with Crippen molar-refractivity contribution in [2.45, 2.75) is 39.7 Å². The number of nitrogens with one attached hydrogen (secondary N) is 1. The number of esters is 1. The molecule has 0 aliphatic heterocycles. The van der Waals surface area contributed by atoms with Crippen LogP contribution in [-0.2, 0) is 14.3 Å². The van der Waals surface area contributed by atoms with Crippen molar-refractivity contribution in [1.82, 2.24) is 5.32 Å². The van der Waals surface area contributed by atoms with Crippen molar-refractivity contribution in [2.75, 3.05) is 13.7 Å². The van der Waals surface area contributed by atoms with Gasteiger partial charge in [0, 0.05) is 12.0 Å². The second-order valence-electron chi connectivity index (χ2n) is 4.84. The predicted molar refractivity (Wildman–Crippen MR) is 80.2 cm³/mol. The predicted octanol–water partition coefficient (Wildman–Crippen LogP) is 2.52. The number of benzene rings is 1. The van der Waals surface area contributed by atoms with E-state index >= 15 is 0 Å². The van der Waals surface area contributed by atoms with E-state index in [1.807, 2.05) is 32.0 Å². The summed E-state index contributed by atoms with van der Waals surface area (Å²) in [7, 11) is 1.60. The second-order valence-corrected chi connectivity index (χ2v) is 4.84. The molecule has 0 aliphatic carbocycles. The number of methoxy groups -OCH3 is 1. The quantitative estimate of drug-likeness (QED) is 0.785. The van der Waals surface area contributed by atoms with E-state index in [0.717, 1.165) is 16.9 Å². The van der Waals surface area contributed by atoms with Gasteiger partial charge in [-0.2, -0.15) is 0 Å². The van der Waals surface area contributed by atoms with E-state index < -0.39 is 0 Å². The first-order chi connectivity index (χ1) is 9.97. The van der Waals surface area contributed by atoms with Crippen LogP contribution in [0.4, 0.5) is 0 Å². The Morgan fingerprint density at radius 2 is 2.00 bits per heavy atom. The van der Waals surface area contributed by atoms with E-state index in [1.54, 1.807) is 14.0 Å². The summed E-state index contributed by atoms with van der Waals surface area (Å²) >= 11 is 0. The summed E-state index contributed by atoms with van der Waals surface area (Å²) in [6, 6.07) is 5.63. The smallest absolute Gasteiger partial charge is 0.306 e. The lowest BCUT2D eigenvalue weighted by Gasteiger charge is -2.18. The maximum Gasteiger partial charge on any atom is 0.306 e. The summed E-state index contributed by atoms with van der Waals surface area (Å²) in [5.74, 6) is 0.200. The normalized spacial score (nSPS) is 11.6. The monoisotopic (exact) mass is 293 g/mol. The molecule has 21 heavy (non-hydrogen) atoms. The third kappa shape index (κ3) is 5.45. The Bertz CT molecular complexity index is 499. The molecule has 5 heteroatoms. The number of hydrogen-bond donors (Lipinski definition) is 1. The van der Waals surface area contributed by atoms with Crippen LogP contribution in [0.2, 0.25) is 0 Å². The van der Waals surface area contributed by atoms with Crippen molar-refractivity contribution < 1.29 is 19.1 Å². The Kier molecular flexibility index (Phi) is 6.72. The molecule has 1 rings (SSSR count). The largest absolute Gasteiger partial charge is 0.496 e. The average Bonchev–Trinajstić information content (AvgIpc) is 2.45. The highest BCUT2D eigenvalue weighted by Crippen LogP contribution is 2.26. The van der Waals surface area contributed by atoms with Gasteiger partial charge < -0.3 is 14.8 Å². The molecule has 0 spiro atoms. The summed E-state index contributed by atoms with van der Waals surface area (Å²) in [5, 5.41) is 2.87. The lowest BCUT2D eigenvalue weighted by atomic mass is 10.0. The third-order valence-electron chi connectivity index (χ3n) is 3.09. The molecule has 5 nitrogen and oxygen atoms in total. The molecule has 1 aromatic rings. The zero-order valence-electron chi connectivity index (χ0n) is 13.1. The molecular weight excluding hydrogens is 270 g/mol. The van der Waals surface area contributed by atoms with Crippen LogP contribution in [0.5, 0.6) is 5.75 Å². The minimum Gasteiger partial charge on any atom is -0.496 e. The van der Waals surface area contributed by atoms with E-state index in [9.17, 15) is 9.59 Å². The van der Waals surface area contributed by atoms with Gasteiger partial charge in [-0.1, -0.05) is 17.7 Å². The standard InChI is InChI=1S/C16H23NO4/c1-5-21-16(19)9-8-15(18)17-12(3)13-10-11(2)6-7-14(13)20-4/h6-7,10,12H,5,8-9H2,1-4H3,(H,17,18). The highest BCUT2D eigenvalue weighted by Gasteiger charge is 2.15. The van der Waals surface area contributed by atoms with E-state index in [-0.39, 0.29) is 30.8 Å². The molecule has 0 radical (unpaired) electrons. The third-order valence-corrected chi connectivity index (χ3v) is 3.09.